The Kier molecular flexibility index (Phi) is 5.63. The molecule has 1 atom stereocenters. The van der Waals surface area contributed by atoms with Crippen LogP contribution in [0.2, 0.25) is 0 Å². The number of nitrogens with zero attached hydrogens (tertiary/aromatic N) is 3. The van der Waals surface area contributed by atoms with Gasteiger partial charge in [0, 0.05) is 37.7 Å². The molecule has 130 valence electrons. The van der Waals surface area contributed by atoms with Crippen molar-refractivity contribution in [3.05, 3.63) is 54.6 Å². The number of aromatic nitrogens is 3. The highest BCUT2D eigenvalue weighted by atomic mass is 35.5. The van der Waals surface area contributed by atoms with Gasteiger partial charge in [0.05, 0.1) is 28.6 Å². The van der Waals surface area contributed by atoms with Crippen molar-refractivity contribution in [2.24, 2.45) is 0 Å². The van der Waals surface area contributed by atoms with Crippen LogP contribution in [0.4, 0.5) is 11.4 Å². The second-order valence-corrected chi connectivity index (χ2v) is 5.99. The van der Waals surface area contributed by atoms with Crippen molar-refractivity contribution in [2.75, 3.05) is 23.7 Å². The molecule has 1 fully saturated rings. The summed E-state index contributed by atoms with van der Waals surface area (Å²) in [5.74, 6) is 0. The van der Waals surface area contributed by atoms with E-state index in [4.69, 9.17) is 0 Å². The van der Waals surface area contributed by atoms with Crippen LogP contribution in [0.25, 0.3) is 11.0 Å². The Morgan fingerprint density at radius 1 is 1.04 bits per heavy atom. The van der Waals surface area contributed by atoms with Gasteiger partial charge in [-0.2, -0.15) is 0 Å². The first-order valence-electron chi connectivity index (χ1n) is 8.23. The predicted octanol–water partition coefficient (Wildman–Crippen LogP) is 2.83. The maximum atomic E-state index is 4.36. The Balaban J connectivity index is 0.00000182. The van der Waals surface area contributed by atoms with E-state index in [0.717, 1.165) is 48.5 Å². The molecule has 1 aliphatic rings. The third kappa shape index (κ3) is 4.15. The highest BCUT2D eigenvalue weighted by Crippen LogP contribution is 2.23. The van der Waals surface area contributed by atoms with E-state index in [1.165, 1.54) is 5.56 Å². The molecule has 7 heteroatoms. The van der Waals surface area contributed by atoms with Crippen LogP contribution in [0, 0.1) is 0 Å². The summed E-state index contributed by atoms with van der Waals surface area (Å²) in [6.07, 6.45) is 8.27. The third-order valence-corrected chi connectivity index (χ3v) is 4.26. The number of fused-ring (bicyclic) bond motifs is 1. The summed E-state index contributed by atoms with van der Waals surface area (Å²) in [5, 5.41) is 10.4. The number of benzene rings is 1. The fraction of sp³-hybridized carbons (Fsp3) is 0.278. The second-order valence-electron chi connectivity index (χ2n) is 5.99. The Hall–Kier alpha value is -2.44. The third-order valence-electron chi connectivity index (χ3n) is 4.26. The van der Waals surface area contributed by atoms with E-state index in [1.54, 1.807) is 12.4 Å². The highest BCUT2D eigenvalue weighted by Gasteiger charge is 2.15. The van der Waals surface area contributed by atoms with Crippen molar-refractivity contribution < 1.29 is 0 Å². The Labute approximate surface area is 152 Å². The zero-order valence-electron chi connectivity index (χ0n) is 13.8. The first kappa shape index (κ1) is 17.4. The molecule has 3 aromatic rings. The van der Waals surface area contributed by atoms with Gasteiger partial charge in [-0.05, 0) is 36.7 Å². The van der Waals surface area contributed by atoms with Crippen LogP contribution >= 0.6 is 12.4 Å². The van der Waals surface area contributed by atoms with Gasteiger partial charge in [-0.15, -0.1) is 12.4 Å². The van der Waals surface area contributed by atoms with Crippen LogP contribution in [0.5, 0.6) is 0 Å². The molecule has 0 saturated carbocycles. The Bertz CT molecular complexity index is 834. The van der Waals surface area contributed by atoms with Gasteiger partial charge in [0.2, 0.25) is 0 Å². The molecular formula is C18H21ClN6. The molecule has 3 N–H and O–H groups in total. The standard InChI is InChI=1S/C18H20N6.ClH/c1-2-15-17(22-8-7-21-15)9-13(1)10-23-18-12-20-6-4-16(18)24-14-3-5-19-11-14;/h1-2,4,6-9,12,14,19,23H,3,5,10-11H2,(H,20,24);1H. The van der Waals surface area contributed by atoms with E-state index >= 15 is 0 Å². The lowest BCUT2D eigenvalue weighted by Crippen LogP contribution is -2.22. The summed E-state index contributed by atoms with van der Waals surface area (Å²) in [6, 6.07) is 8.65. The van der Waals surface area contributed by atoms with Crippen molar-refractivity contribution >= 4 is 34.8 Å². The number of nitrogens with one attached hydrogen (secondary N) is 3. The second kappa shape index (κ2) is 8.09. The molecule has 4 rings (SSSR count). The van der Waals surface area contributed by atoms with Crippen molar-refractivity contribution in [3.8, 4) is 0 Å². The van der Waals surface area contributed by atoms with Crippen molar-refractivity contribution in [1.29, 1.82) is 0 Å². The van der Waals surface area contributed by atoms with Gasteiger partial charge >= 0.3 is 0 Å². The van der Waals surface area contributed by atoms with Gasteiger partial charge in [0.1, 0.15) is 0 Å². The lowest BCUT2D eigenvalue weighted by Gasteiger charge is -2.17. The summed E-state index contributed by atoms with van der Waals surface area (Å²) < 4.78 is 0. The minimum Gasteiger partial charge on any atom is -0.379 e. The zero-order chi connectivity index (χ0) is 16.2. The van der Waals surface area contributed by atoms with Gasteiger partial charge in [-0.25, -0.2) is 0 Å². The van der Waals surface area contributed by atoms with E-state index in [1.807, 2.05) is 24.5 Å². The molecule has 0 amide bonds. The van der Waals surface area contributed by atoms with Crippen LogP contribution < -0.4 is 16.0 Å². The molecule has 2 aromatic heterocycles. The van der Waals surface area contributed by atoms with E-state index in [0.29, 0.717) is 6.04 Å². The minimum absolute atomic E-state index is 0. The van der Waals surface area contributed by atoms with Crippen LogP contribution in [-0.2, 0) is 6.54 Å². The SMILES string of the molecule is Cl.c1cc(NC2CCNC2)c(NCc2ccc3nccnc3c2)cn1. The summed E-state index contributed by atoms with van der Waals surface area (Å²) in [5.41, 5.74) is 5.11. The van der Waals surface area contributed by atoms with Gasteiger partial charge < -0.3 is 16.0 Å². The van der Waals surface area contributed by atoms with Gasteiger partial charge in [0.25, 0.3) is 0 Å². The molecule has 0 aliphatic carbocycles. The smallest absolute Gasteiger partial charge is 0.0890 e. The molecular weight excluding hydrogens is 336 g/mol. The number of halogens is 1. The fourth-order valence-electron chi connectivity index (χ4n) is 2.98. The molecule has 1 aliphatic heterocycles. The zero-order valence-corrected chi connectivity index (χ0v) is 14.6. The topological polar surface area (TPSA) is 74.8 Å². The van der Waals surface area contributed by atoms with Gasteiger partial charge in [-0.1, -0.05) is 6.07 Å². The van der Waals surface area contributed by atoms with Crippen LogP contribution in [0.3, 0.4) is 0 Å². The van der Waals surface area contributed by atoms with Gasteiger partial charge in [0.15, 0.2) is 0 Å². The van der Waals surface area contributed by atoms with Crippen LogP contribution in [0.15, 0.2) is 49.1 Å². The van der Waals surface area contributed by atoms with Crippen LogP contribution in [-0.4, -0.2) is 34.1 Å². The molecule has 1 unspecified atom stereocenters. The van der Waals surface area contributed by atoms with E-state index < -0.39 is 0 Å². The summed E-state index contributed by atoms with van der Waals surface area (Å²) in [6.45, 7) is 2.80. The maximum Gasteiger partial charge on any atom is 0.0890 e. The first-order valence-corrected chi connectivity index (χ1v) is 8.23. The Morgan fingerprint density at radius 3 is 2.76 bits per heavy atom. The van der Waals surface area contributed by atoms with Crippen molar-refractivity contribution in [2.45, 2.75) is 19.0 Å². The van der Waals surface area contributed by atoms with Crippen molar-refractivity contribution in [1.82, 2.24) is 20.3 Å². The normalized spacial score (nSPS) is 16.4. The lowest BCUT2D eigenvalue weighted by atomic mass is 10.2. The molecule has 6 nitrogen and oxygen atoms in total. The van der Waals surface area contributed by atoms with E-state index in [2.05, 4.69) is 43.0 Å². The number of hydrogen-bond acceptors (Lipinski definition) is 6. The predicted molar refractivity (Wildman–Crippen MR) is 103 cm³/mol. The molecule has 25 heavy (non-hydrogen) atoms. The summed E-state index contributed by atoms with van der Waals surface area (Å²) in [4.78, 5) is 12.9. The van der Waals surface area contributed by atoms with Crippen LogP contribution in [0.1, 0.15) is 12.0 Å². The number of anilines is 2. The molecule has 0 spiro atoms. The lowest BCUT2D eigenvalue weighted by molar-refractivity contribution is 0.793. The first-order chi connectivity index (χ1) is 11.9. The quantitative estimate of drug-likeness (QED) is 0.652. The Morgan fingerprint density at radius 2 is 1.92 bits per heavy atom. The van der Waals surface area contributed by atoms with E-state index in [-0.39, 0.29) is 12.4 Å². The molecule has 1 saturated heterocycles. The average molecular weight is 357 g/mol. The number of pyridine rings is 1. The monoisotopic (exact) mass is 356 g/mol. The molecule has 1 aromatic carbocycles. The molecule has 3 heterocycles. The highest BCUT2D eigenvalue weighted by molar-refractivity contribution is 5.85. The maximum absolute atomic E-state index is 4.36. The average Bonchev–Trinajstić information content (AvgIpc) is 3.14. The largest absolute Gasteiger partial charge is 0.379 e. The molecule has 0 bridgehead atoms. The van der Waals surface area contributed by atoms with Crippen molar-refractivity contribution in [3.63, 3.8) is 0 Å². The fourth-order valence-corrected chi connectivity index (χ4v) is 2.98. The molecule has 0 radical (unpaired) electrons. The summed E-state index contributed by atoms with van der Waals surface area (Å²) >= 11 is 0. The summed E-state index contributed by atoms with van der Waals surface area (Å²) in [7, 11) is 0. The van der Waals surface area contributed by atoms with E-state index in [9.17, 15) is 0 Å². The number of hydrogen-bond donors (Lipinski definition) is 3. The minimum atomic E-state index is 0. The number of rotatable bonds is 5. The van der Waals surface area contributed by atoms with Gasteiger partial charge in [-0.3, -0.25) is 15.0 Å².